The van der Waals surface area contributed by atoms with Gasteiger partial charge in [-0.1, -0.05) is 36.4 Å². The summed E-state index contributed by atoms with van der Waals surface area (Å²) in [7, 11) is 4.51. The lowest BCUT2D eigenvalue weighted by molar-refractivity contribution is 0.241. The summed E-state index contributed by atoms with van der Waals surface area (Å²) in [4.78, 5) is 4.96. The Kier molecular flexibility index (Phi) is 3.13. The molecule has 2 unspecified atom stereocenters. The number of anilines is 1. The van der Waals surface area contributed by atoms with E-state index in [1.807, 2.05) is 0 Å². The molecule has 3 aliphatic rings. The summed E-state index contributed by atoms with van der Waals surface area (Å²) < 4.78 is 2.72. The molecule has 0 amide bonds. The molecule has 6 rings (SSSR count). The summed E-state index contributed by atoms with van der Waals surface area (Å²) in [6.07, 6.45) is 2.60. The lowest BCUT2D eigenvalue weighted by Crippen LogP contribution is -2.47. The van der Waals surface area contributed by atoms with Gasteiger partial charge in [0.2, 0.25) is 0 Å². The topological polar surface area (TPSA) is 23.4 Å². The molecule has 3 aromatic rings. The van der Waals surface area contributed by atoms with E-state index in [-0.39, 0.29) is 5.54 Å². The first-order valence-corrected chi connectivity index (χ1v) is 10.1. The molecule has 0 radical (unpaired) electrons. The number of hydrogen-bond donors (Lipinski definition) is 1. The van der Waals surface area contributed by atoms with Crippen LogP contribution < -0.4 is 5.32 Å². The molecule has 1 saturated heterocycles. The molecular formula is C23H26N4. The van der Waals surface area contributed by atoms with Crippen LogP contribution in [0.3, 0.4) is 0 Å². The highest BCUT2D eigenvalue weighted by molar-refractivity contribution is 5.87. The van der Waals surface area contributed by atoms with Gasteiger partial charge in [-0.3, -0.25) is 4.90 Å². The van der Waals surface area contributed by atoms with Gasteiger partial charge >= 0.3 is 0 Å². The second kappa shape index (κ2) is 5.37. The van der Waals surface area contributed by atoms with E-state index in [9.17, 15) is 0 Å². The number of likely N-dealkylation sites (tertiary alicyclic amines) is 1. The highest BCUT2D eigenvalue weighted by Crippen LogP contribution is 2.52. The Bertz CT molecular complexity index is 1050. The smallest absolute Gasteiger partial charge is 0.108 e. The van der Waals surface area contributed by atoms with Crippen LogP contribution in [0.2, 0.25) is 0 Å². The van der Waals surface area contributed by atoms with Gasteiger partial charge in [0.15, 0.2) is 0 Å². The maximum atomic E-state index is 3.85. The lowest BCUT2D eigenvalue weighted by Gasteiger charge is -2.37. The van der Waals surface area contributed by atoms with E-state index < -0.39 is 0 Å². The van der Waals surface area contributed by atoms with Gasteiger partial charge < -0.3 is 14.8 Å². The van der Waals surface area contributed by atoms with Gasteiger partial charge in [0.25, 0.3) is 0 Å². The fourth-order valence-electron chi connectivity index (χ4n) is 5.87. The van der Waals surface area contributed by atoms with Crippen molar-refractivity contribution in [3.63, 3.8) is 0 Å². The Balaban J connectivity index is 1.72. The van der Waals surface area contributed by atoms with Gasteiger partial charge in [-0.2, -0.15) is 0 Å². The molecule has 1 aromatic heterocycles. The Hall–Kier alpha value is -2.30. The number of benzene rings is 2. The number of para-hydroxylation sites is 2. The first-order chi connectivity index (χ1) is 13.2. The zero-order chi connectivity index (χ0) is 18.2. The summed E-state index contributed by atoms with van der Waals surface area (Å²) >= 11 is 0. The molecule has 4 heteroatoms. The van der Waals surface area contributed by atoms with Crippen LogP contribution in [0.15, 0.2) is 48.5 Å². The summed E-state index contributed by atoms with van der Waals surface area (Å²) in [6, 6.07) is 18.0. The van der Waals surface area contributed by atoms with Gasteiger partial charge in [-0.05, 0) is 44.6 Å². The number of rotatable bonds is 1. The fourth-order valence-corrected chi connectivity index (χ4v) is 5.87. The van der Waals surface area contributed by atoms with Crippen molar-refractivity contribution >= 4 is 16.6 Å². The molecule has 0 saturated carbocycles. The van der Waals surface area contributed by atoms with Crippen LogP contribution in [0.1, 0.15) is 23.2 Å². The average Bonchev–Trinajstić information content (AvgIpc) is 3.29. The zero-order valence-electron chi connectivity index (χ0n) is 16.1. The maximum absolute atomic E-state index is 3.85. The monoisotopic (exact) mass is 358 g/mol. The van der Waals surface area contributed by atoms with Crippen molar-refractivity contribution in [1.82, 2.24) is 14.4 Å². The molecule has 0 spiro atoms. The molecule has 1 fully saturated rings. The number of nitrogens with one attached hydrogen (secondary N) is 1. The molecular weight excluding hydrogens is 332 g/mol. The number of hydrogen-bond acceptors (Lipinski definition) is 3. The predicted octanol–water partition coefficient (Wildman–Crippen LogP) is 3.46. The third-order valence-electron chi connectivity index (χ3n) is 7.08. The molecule has 0 bridgehead atoms. The largest absolute Gasteiger partial charge is 0.367 e. The van der Waals surface area contributed by atoms with Crippen LogP contribution in [0, 0.1) is 0 Å². The lowest BCUT2D eigenvalue weighted by atomic mass is 9.87. The van der Waals surface area contributed by atoms with Gasteiger partial charge in [0.1, 0.15) is 11.7 Å². The number of aromatic nitrogens is 1. The van der Waals surface area contributed by atoms with E-state index in [1.54, 1.807) is 5.56 Å². The summed E-state index contributed by atoms with van der Waals surface area (Å²) in [6.45, 7) is 3.29. The second-order valence-corrected chi connectivity index (χ2v) is 8.51. The SMILES string of the molecule is CN1CCc2c(n(C34CCN(C)C3Nc3ccccc34)c3ccccc23)C1. The Morgan fingerprint density at radius 2 is 1.81 bits per heavy atom. The third-order valence-corrected chi connectivity index (χ3v) is 7.08. The fraction of sp³-hybridized carbons (Fsp3) is 0.391. The third kappa shape index (κ3) is 1.90. The van der Waals surface area contributed by atoms with Crippen molar-refractivity contribution in [2.24, 2.45) is 0 Å². The maximum Gasteiger partial charge on any atom is 0.108 e. The Morgan fingerprint density at radius 3 is 2.74 bits per heavy atom. The minimum absolute atomic E-state index is 0.0310. The standard InChI is InChI=1S/C23H26N4/c1-25-13-11-17-16-7-3-6-10-20(16)27(21(17)15-25)23-12-14-26(2)22(23)24-19-9-5-4-8-18(19)23/h3-10,22,24H,11-15H2,1-2H3. The van der Waals surface area contributed by atoms with Crippen molar-refractivity contribution in [1.29, 1.82) is 0 Å². The van der Waals surface area contributed by atoms with E-state index in [4.69, 9.17) is 0 Å². The number of likely N-dealkylation sites (N-methyl/N-ethyl adjacent to an activating group) is 2. The van der Waals surface area contributed by atoms with Gasteiger partial charge in [0.05, 0.1) is 0 Å². The molecule has 27 heavy (non-hydrogen) atoms. The van der Waals surface area contributed by atoms with Crippen LogP contribution in [0.25, 0.3) is 10.9 Å². The minimum Gasteiger partial charge on any atom is -0.367 e. The van der Waals surface area contributed by atoms with Crippen molar-refractivity contribution in [3.05, 3.63) is 65.4 Å². The van der Waals surface area contributed by atoms with Crippen molar-refractivity contribution in [2.75, 3.05) is 32.5 Å². The second-order valence-electron chi connectivity index (χ2n) is 8.51. The molecule has 4 nitrogen and oxygen atoms in total. The van der Waals surface area contributed by atoms with E-state index >= 15 is 0 Å². The first-order valence-electron chi connectivity index (χ1n) is 10.1. The highest BCUT2D eigenvalue weighted by Gasteiger charge is 2.55. The molecule has 0 aliphatic carbocycles. The van der Waals surface area contributed by atoms with E-state index in [0.717, 1.165) is 32.5 Å². The Labute approximate surface area is 160 Å². The summed E-state index contributed by atoms with van der Waals surface area (Å²) in [5.41, 5.74) is 7.20. The van der Waals surface area contributed by atoms with E-state index in [1.165, 1.54) is 27.8 Å². The van der Waals surface area contributed by atoms with Crippen LogP contribution in [-0.2, 0) is 18.5 Å². The van der Waals surface area contributed by atoms with E-state index in [0.29, 0.717) is 6.17 Å². The number of fused-ring (bicyclic) bond motifs is 6. The van der Waals surface area contributed by atoms with E-state index in [2.05, 4.69) is 82.3 Å². The first kappa shape index (κ1) is 15.7. The molecule has 2 atom stereocenters. The summed E-state index contributed by atoms with van der Waals surface area (Å²) in [5, 5.41) is 5.30. The Morgan fingerprint density at radius 1 is 1.00 bits per heavy atom. The van der Waals surface area contributed by atoms with Gasteiger partial charge in [-0.15, -0.1) is 0 Å². The molecule has 2 aromatic carbocycles. The van der Waals surface area contributed by atoms with Gasteiger partial charge in [-0.25, -0.2) is 0 Å². The molecule has 1 N–H and O–H groups in total. The predicted molar refractivity (Wildman–Crippen MR) is 110 cm³/mol. The molecule has 3 aliphatic heterocycles. The van der Waals surface area contributed by atoms with Crippen LogP contribution >= 0.6 is 0 Å². The highest BCUT2D eigenvalue weighted by atomic mass is 15.4. The number of nitrogens with zero attached hydrogens (tertiary/aromatic N) is 3. The molecule has 4 heterocycles. The molecule has 138 valence electrons. The van der Waals surface area contributed by atoms with Crippen molar-refractivity contribution < 1.29 is 0 Å². The van der Waals surface area contributed by atoms with Crippen molar-refractivity contribution in [3.8, 4) is 0 Å². The normalized spacial score (nSPS) is 27.4. The quantitative estimate of drug-likeness (QED) is 0.721. The van der Waals surface area contributed by atoms with Crippen LogP contribution in [-0.4, -0.2) is 47.7 Å². The average molecular weight is 358 g/mol. The van der Waals surface area contributed by atoms with Crippen molar-refractivity contribution in [2.45, 2.75) is 31.1 Å². The van der Waals surface area contributed by atoms with Gasteiger partial charge in [0, 0.05) is 47.5 Å². The summed E-state index contributed by atoms with van der Waals surface area (Å²) in [5.74, 6) is 0. The zero-order valence-corrected chi connectivity index (χ0v) is 16.1. The van der Waals surface area contributed by atoms with Crippen LogP contribution in [0.4, 0.5) is 5.69 Å². The minimum atomic E-state index is -0.0310. The van der Waals surface area contributed by atoms with Crippen LogP contribution in [0.5, 0.6) is 0 Å².